The molecule has 2 rings (SSSR count). The summed E-state index contributed by atoms with van der Waals surface area (Å²) in [5, 5.41) is -0.224. The van der Waals surface area contributed by atoms with Crippen LogP contribution in [-0.4, -0.2) is 21.5 Å². The number of hydrogen-bond donors (Lipinski definition) is 1. The highest BCUT2D eigenvalue weighted by molar-refractivity contribution is 6.20. The van der Waals surface area contributed by atoms with Crippen LogP contribution in [0.5, 0.6) is 0 Å². The van der Waals surface area contributed by atoms with Crippen LogP contribution in [0.15, 0.2) is 21.9 Å². The molecular weight excluding hydrogens is 208 g/mol. The van der Waals surface area contributed by atoms with Crippen molar-refractivity contribution in [2.75, 3.05) is 6.61 Å². The number of alkyl halides is 1. The van der Waals surface area contributed by atoms with Gasteiger partial charge >= 0.3 is 5.69 Å². The Morgan fingerprint density at radius 2 is 2.36 bits per heavy atom. The molecule has 1 aliphatic rings. The number of nitrogens with zero attached hydrogens (tertiary/aromatic N) is 1. The van der Waals surface area contributed by atoms with E-state index in [0.717, 1.165) is 0 Å². The van der Waals surface area contributed by atoms with E-state index >= 15 is 0 Å². The maximum absolute atomic E-state index is 11.3. The Morgan fingerprint density at radius 3 is 2.93 bits per heavy atom. The SMILES string of the molecule is O=c1ccn(C2OCCC2Cl)c(=O)[nH]1. The zero-order valence-corrected chi connectivity index (χ0v) is 8.03. The number of aromatic amines is 1. The molecule has 1 aromatic heterocycles. The van der Waals surface area contributed by atoms with Crippen LogP contribution in [0.4, 0.5) is 0 Å². The average Bonchev–Trinajstić information content (AvgIpc) is 2.52. The van der Waals surface area contributed by atoms with Gasteiger partial charge in [-0.1, -0.05) is 0 Å². The van der Waals surface area contributed by atoms with Gasteiger partial charge in [-0.15, -0.1) is 11.6 Å². The Kier molecular flexibility index (Phi) is 2.43. The molecule has 14 heavy (non-hydrogen) atoms. The van der Waals surface area contributed by atoms with E-state index < -0.39 is 17.5 Å². The number of H-pyrrole nitrogens is 1. The molecule has 2 unspecified atom stereocenters. The van der Waals surface area contributed by atoms with Crippen LogP contribution in [0, 0.1) is 0 Å². The summed E-state index contributed by atoms with van der Waals surface area (Å²) in [5.74, 6) is 0. The van der Waals surface area contributed by atoms with Gasteiger partial charge in [0, 0.05) is 12.3 Å². The molecule has 5 nitrogen and oxygen atoms in total. The van der Waals surface area contributed by atoms with Crippen molar-refractivity contribution >= 4 is 11.6 Å². The van der Waals surface area contributed by atoms with E-state index in [1.807, 2.05) is 0 Å². The fourth-order valence-corrected chi connectivity index (χ4v) is 1.71. The number of halogens is 1. The van der Waals surface area contributed by atoms with Gasteiger partial charge in [0.15, 0.2) is 6.23 Å². The molecule has 0 aliphatic carbocycles. The van der Waals surface area contributed by atoms with E-state index in [0.29, 0.717) is 13.0 Å². The van der Waals surface area contributed by atoms with Crippen LogP contribution in [0.2, 0.25) is 0 Å². The average molecular weight is 217 g/mol. The number of ether oxygens (including phenoxy) is 1. The van der Waals surface area contributed by atoms with Crippen LogP contribution >= 0.6 is 11.6 Å². The van der Waals surface area contributed by atoms with Gasteiger partial charge in [0.2, 0.25) is 0 Å². The van der Waals surface area contributed by atoms with Crippen molar-refractivity contribution in [3.8, 4) is 0 Å². The van der Waals surface area contributed by atoms with E-state index in [1.54, 1.807) is 0 Å². The number of rotatable bonds is 1. The topological polar surface area (TPSA) is 64.1 Å². The van der Waals surface area contributed by atoms with Crippen LogP contribution in [-0.2, 0) is 4.74 Å². The predicted molar refractivity (Wildman–Crippen MR) is 50.6 cm³/mol. The van der Waals surface area contributed by atoms with E-state index in [4.69, 9.17) is 16.3 Å². The highest BCUT2D eigenvalue weighted by Crippen LogP contribution is 2.26. The van der Waals surface area contributed by atoms with Crippen molar-refractivity contribution in [3.05, 3.63) is 33.1 Å². The molecule has 0 saturated carbocycles. The maximum atomic E-state index is 11.3. The molecule has 1 aliphatic heterocycles. The van der Waals surface area contributed by atoms with Crippen molar-refractivity contribution in [1.82, 2.24) is 9.55 Å². The number of nitrogens with one attached hydrogen (secondary N) is 1. The van der Waals surface area contributed by atoms with Gasteiger partial charge in [-0.3, -0.25) is 14.3 Å². The molecule has 6 heteroatoms. The molecule has 1 N–H and O–H groups in total. The minimum absolute atomic E-state index is 0.224. The predicted octanol–water partition coefficient (Wildman–Crippen LogP) is 0.0629. The minimum Gasteiger partial charge on any atom is -0.356 e. The molecule has 0 radical (unpaired) electrons. The van der Waals surface area contributed by atoms with E-state index in [9.17, 15) is 9.59 Å². The van der Waals surface area contributed by atoms with E-state index in [2.05, 4.69) is 4.98 Å². The van der Waals surface area contributed by atoms with Crippen molar-refractivity contribution < 1.29 is 4.74 Å². The molecule has 2 atom stereocenters. The lowest BCUT2D eigenvalue weighted by Gasteiger charge is -2.14. The monoisotopic (exact) mass is 216 g/mol. The second-order valence-electron chi connectivity index (χ2n) is 3.08. The zero-order chi connectivity index (χ0) is 10.1. The molecule has 2 heterocycles. The summed E-state index contributed by atoms with van der Waals surface area (Å²) in [6.07, 6.45) is 1.63. The van der Waals surface area contributed by atoms with Crippen molar-refractivity contribution in [2.45, 2.75) is 18.0 Å². The third-order valence-electron chi connectivity index (χ3n) is 2.12. The molecule has 0 bridgehead atoms. The lowest BCUT2D eigenvalue weighted by molar-refractivity contribution is 0.0542. The van der Waals surface area contributed by atoms with Gasteiger partial charge in [-0.2, -0.15) is 0 Å². The summed E-state index contributed by atoms with van der Waals surface area (Å²) in [5.41, 5.74) is -0.912. The quantitative estimate of drug-likeness (QED) is 0.676. The number of aromatic nitrogens is 2. The minimum atomic E-state index is -0.491. The Balaban J connectivity index is 2.41. The highest BCUT2D eigenvalue weighted by atomic mass is 35.5. The van der Waals surface area contributed by atoms with Gasteiger partial charge in [0.05, 0.1) is 12.0 Å². The first-order chi connectivity index (χ1) is 6.68. The summed E-state index contributed by atoms with van der Waals surface area (Å²) < 4.78 is 6.58. The van der Waals surface area contributed by atoms with Gasteiger partial charge in [0.25, 0.3) is 5.56 Å². The van der Waals surface area contributed by atoms with Gasteiger partial charge in [-0.25, -0.2) is 4.79 Å². The lowest BCUT2D eigenvalue weighted by atomic mass is 10.3. The lowest BCUT2D eigenvalue weighted by Crippen LogP contribution is -2.33. The van der Waals surface area contributed by atoms with E-state index in [1.165, 1.54) is 16.8 Å². The third kappa shape index (κ3) is 1.60. The second-order valence-corrected chi connectivity index (χ2v) is 3.64. The molecular formula is C8H9ClN2O3. The molecule has 1 fully saturated rings. The Labute approximate surface area is 84.3 Å². The highest BCUT2D eigenvalue weighted by Gasteiger charge is 2.28. The van der Waals surface area contributed by atoms with Gasteiger partial charge in [-0.05, 0) is 6.42 Å². The van der Waals surface area contributed by atoms with Crippen molar-refractivity contribution in [2.24, 2.45) is 0 Å². The Hall–Kier alpha value is -1.07. The first-order valence-electron chi connectivity index (χ1n) is 4.25. The van der Waals surface area contributed by atoms with Crippen molar-refractivity contribution in [3.63, 3.8) is 0 Å². The van der Waals surface area contributed by atoms with Gasteiger partial charge in [0.1, 0.15) is 0 Å². The smallest absolute Gasteiger partial charge is 0.330 e. The Bertz CT molecular complexity index is 439. The summed E-state index contributed by atoms with van der Waals surface area (Å²) in [6.45, 7) is 0.532. The molecule has 0 spiro atoms. The zero-order valence-electron chi connectivity index (χ0n) is 7.27. The molecule has 1 aromatic rings. The molecule has 76 valence electrons. The standard InChI is InChI=1S/C8H9ClN2O3/c9-5-2-4-14-7(5)11-3-1-6(12)10-8(11)13/h1,3,5,7H,2,4H2,(H,10,12,13). The van der Waals surface area contributed by atoms with Crippen LogP contribution in [0.3, 0.4) is 0 Å². The molecule has 0 aromatic carbocycles. The van der Waals surface area contributed by atoms with Gasteiger partial charge < -0.3 is 4.74 Å². The largest absolute Gasteiger partial charge is 0.356 e. The Morgan fingerprint density at radius 1 is 1.57 bits per heavy atom. The summed E-state index contributed by atoms with van der Waals surface area (Å²) in [6, 6.07) is 1.27. The molecule has 1 saturated heterocycles. The number of hydrogen-bond acceptors (Lipinski definition) is 3. The summed E-state index contributed by atoms with van der Waals surface area (Å²) >= 11 is 5.95. The normalized spacial score (nSPS) is 26.6. The third-order valence-corrected chi connectivity index (χ3v) is 2.55. The van der Waals surface area contributed by atoms with E-state index in [-0.39, 0.29) is 5.38 Å². The molecule has 0 amide bonds. The first-order valence-corrected chi connectivity index (χ1v) is 4.69. The summed E-state index contributed by atoms with van der Waals surface area (Å²) in [7, 11) is 0. The first kappa shape index (κ1) is 9.48. The fraction of sp³-hybridized carbons (Fsp3) is 0.500. The summed E-state index contributed by atoms with van der Waals surface area (Å²) in [4.78, 5) is 24.3. The van der Waals surface area contributed by atoms with Crippen LogP contribution in [0.25, 0.3) is 0 Å². The van der Waals surface area contributed by atoms with Crippen LogP contribution < -0.4 is 11.2 Å². The second kappa shape index (κ2) is 3.59. The maximum Gasteiger partial charge on any atom is 0.330 e. The fourth-order valence-electron chi connectivity index (χ4n) is 1.43. The van der Waals surface area contributed by atoms with Crippen LogP contribution in [0.1, 0.15) is 12.6 Å². The van der Waals surface area contributed by atoms with Crippen molar-refractivity contribution in [1.29, 1.82) is 0 Å².